The molecule has 0 aromatic carbocycles. The van der Waals surface area contributed by atoms with Gasteiger partial charge in [0.1, 0.15) is 0 Å². The molecule has 0 heterocycles. The highest BCUT2D eigenvalue weighted by Gasteiger charge is 2.22. The lowest BCUT2D eigenvalue weighted by Gasteiger charge is -2.30. The van der Waals surface area contributed by atoms with Gasteiger partial charge in [-0.2, -0.15) is 0 Å². The summed E-state index contributed by atoms with van der Waals surface area (Å²) in [5, 5.41) is 0. The van der Waals surface area contributed by atoms with Crippen LogP contribution in [0.2, 0.25) is 0 Å². The van der Waals surface area contributed by atoms with E-state index >= 15 is 0 Å². The Balaban J connectivity index is 3.99. The van der Waals surface area contributed by atoms with Gasteiger partial charge in [-0.3, -0.25) is 0 Å². The molecule has 0 spiro atoms. The molecule has 1 unspecified atom stereocenters. The average Bonchev–Trinajstić information content (AvgIpc) is 2.79. The van der Waals surface area contributed by atoms with Crippen LogP contribution >= 0.6 is 0 Å². The molecule has 0 aliphatic carbocycles. The fourth-order valence-corrected chi connectivity index (χ4v) is 5.28. The summed E-state index contributed by atoms with van der Waals surface area (Å²) in [6, 6.07) is 0. The Bertz CT molecular complexity index is 333. The van der Waals surface area contributed by atoms with E-state index in [1.807, 2.05) is 0 Å². The van der Waals surface area contributed by atoms with E-state index < -0.39 is 0 Å². The highest BCUT2D eigenvalue weighted by atomic mass is 14.3. The van der Waals surface area contributed by atoms with Crippen molar-refractivity contribution in [3.8, 4) is 0 Å². The lowest BCUT2D eigenvalue weighted by atomic mass is 9.75. The van der Waals surface area contributed by atoms with Gasteiger partial charge in [0.2, 0.25) is 0 Å². The normalized spacial score (nSPS) is 13.5. The quantitative estimate of drug-likeness (QED) is 0.109. The molecular formula is C32H65. The van der Waals surface area contributed by atoms with Crippen molar-refractivity contribution in [2.75, 3.05) is 0 Å². The molecule has 0 aliphatic rings. The molecule has 193 valence electrons. The molecule has 0 N–H and O–H groups in total. The van der Waals surface area contributed by atoms with E-state index in [0.717, 1.165) is 0 Å². The third-order valence-electron chi connectivity index (χ3n) is 7.68. The van der Waals surface area contributed by atoms with Crippen molar-refractivity contribution >= 4 is 0 Å². The first kappa shape index (κ1) is 32.0. The number of unbranched alkanes of at least 4 members (excludes halogenated alkanes) is 21. The van der Waals surface area contributed by atoms with E-state index in [0.29, 0.717) is 5.41 Å². The van der Waals surface area contributed by atoms with E-state index in [-0.39, 0.29) is 0 Å². The fraction of sp³-hybridized carbons (Fsp3) is 0.969. The topological polar surface area (TPSA) is 0 Å². The Morgan fingerprint density at radius 2 is 0.500 bits per heavy atom. The minimum atomic E-state index is 0.382. The first-order chi connectivity index (χ1) is 15.7. The van der Waals surface area contributed by atoms with Crippen LogP contribution in [0.1, 0.15) is 194 Å². The molecule has 0 saturated carbocycles. The predicted octanol–water partition coefficient (Wildman–Crippen LogP) is 12.4. The van der Waals surface area contributed by atoms with Crippen LogP contribution in [0.25, 0.3) is 0 Å². The average molecular weight is 450 g/mol. The lowest BCUT2D eigenvalue weighted by molar-refractivity contribution is 0.260. The zero-order valence-electron chi connectivity index (χ0n) is 23.3. The van der Waals surface area contributed by atoms with E-state index in [1.54, 1.807) is 0 Å². The summed E-state index contributed by atoms with van der Waals surface area (Å²) in [6.07, 6.45) is 38.6. The van der Waals surface area contributed by atoms with Crippen molar-refractivity contribution in [2.45, 2.75) is 194 Å². The maximum atomic E-state index is 4.84. The summed E-state index contributed by atoms with van der Waals surface area (Å²) in [5.74, 6) is 0. The second-order valence-electron chi connectivity index (χ2n) is 11.2. The molecule has 1 atom stereocenters. The second kappa shape index (κ2) is 25.6. The molecule has 0 aliphatic heterocycles. The second-order valence-corrected chi connectivity index (χ2v) is 11.2. The Hall–Kier alpha value is 0. The van der Waals surface area contributed by atoms with Crippen LogP contribution in [0, 0.1) is 12.3 Å². The van der Waals surface area contributed by atoms with Gasteiger partial charge in [-0.15, -0.1) is 0 Å². The molecular weight excluding hydrogens is 384 g/mol. The van der Waals surface area contributed by atoms with Crippen LogP contribution in [-0.2, 0) is 0 Å². The SMILES string of the molecule is [CH2]C(CCCCCCCC)(CCCCCCCCCC)CCCCCCCCCCCC. The third-order valence-corrected chi connectivity index (χ3v) is 7.68. The van der Waals surface area contributed by atoms with Gasteiger partial charge in [0.05, 0.1) is 0 Å². The van der Waals surface area contributed by atoms with Crippen molar-refractivity contribution in [3.05, 3.63) is 6.92 Å². The highest BCUT2D eigenvalue weighted by Crippen LogP contribution is 2.36. The zero-order valence-corrected chi connectivity index (χ0v) is 23.3. The summed E-state index contributed by atoms with van der Waals surface area (Å²) >= 11 is 0. The molecule has 0 aromatic heterocycles. The van der Waals surface area contributed by atoms with Crippen molar-refractivity contribution in [1.29, 1.82) is 0 Å². The van der Waals surface area contributed by atoms with Gasteiger partial charge in [0.25, 0.3) is 0 Å². The molecule has 0 nitrogen and oxygen atoms in total. The zero-order chi connectivity index (χ0) is 23.6. The van der Waals surface area contributed by atoms with Crippen molar-refractivity contribution in [2.24, 2.45) is 5.41 Å². The summed E-state index contributed by atoms with van der Waals surface area (Å²) in [6.45, 7) is 11.8. The Labute approximate surface area is 206 Å². The monoisotopic (exact) mass is 450 g/mol. The Morgan fingerprint density at radius 1 is 0.312 bits per heavy atom. The molecule has 0 heteroatoms. The fourth-order valence-electron chi connectivity index (χ4n) is 5.28. The number of hydrogen-bond donors (Lipinski definition) is 0. The molecule has 0 saturated heterocycles. The van der Waals surface area contributed by atoms with Crippen molar-refractivity contribution < 1.29 is 0 Å². The molecule has 0 bridgehead atoms. The largest absolute Gasteiger partial charge is 0.0654 e. The molecule has 0 aromatic rings. The van der Waals surface area contributed by atoms with E-state index in [9.17, 15) is 0 Å². The van der Waals surface area contributed by atoms with Crippen LogP contribution in [0.15, 0.2) is 0 Å². The van der Waals surface area contributed by atoms with Crippen LogP contribution in [-0.4, -0.2) is 0 Å². The molecule has 1 radical (unpaired) electrons. The number of rotatable bonds is 27. The Morgan fingerprint density at radius 3 is 0.719 bits per heavy atom. The van der Waals surface area contributed by atoms with Gasteiger partial charge in [0, 0.05) is 0 Å². The summed E-state index contributed by atoms with van der Waals surface area (Å²) in [4.78, 5) is 0. The molecule has 0 fully saturated rings. The molecule has 0 rings (SSSR count). The minimum Gasteiger partial charge on any atom is -0.0654 e. The third kappa shape index (κ3) is 23.2. The van der Waals surface area contributed by atoms with Gasteiger partial charge >= 0.3 is 0 Å². The van der Waals surface area contributed by atoms with Crippen LogP contribution < -0.4 is 0 Å². The first-order valence-electron chi connectivity index (χ1n) is 15.5. The lowest BCUT2D eigenvalue weighted by Crippen LogP contribution is -2.17. The Kier molecular flexibility index (Phi) is 25.6. The first-order valence-corrected chi connectivity index (χ1v) is 15.5. The van der Waals surface area contributed by atoms with Crippen LogP contribution in [0.5, 0.6) is 0 Å². The van der Waals surface area contributed by atoms with Crippen LogP contribution in [0.4, 0.5) is 0 Å². The van der Waals surface area contributed by atoms with Gasteiger partial charge in [0.15, 0.2) is 0 Å². The standard InChI is InChI=1S/C32H65/c1-5-8-11-14-17-19-20-22-25-28-31-32(4,29-26-23-16-13-10-7-3)30-27-24-21-18-15-12-9-6-2/h4-31H2,1-3H3. The summed E-state index contributed by atoms with van der Waals surface area (Å²) < 4.78 is 0. The molecule has 32 heavy (non-hydrogen) atoms. The van der Waals surface area contributed by atoms with Gasteiger partial charge < -0.3 is 0 Å². The van der Waals surface area contributed by atoms with Gasteiger partial charge in [-0.1, -0.05) is 175 Å². The number of hydrogen-bond acceptors (Lipinski definition) is 0. The van der Waals surface area contributed by atoms with Gasteiger partial charge in [-0.05, 0) is 31.6 Å². The van der Waals surface area contributed by atoms with E-state index in [1.165, 1.54) is 173 Å². The maximum Gasteiger partial charge on any atom is -0.0297 e. The van der Waals surface area contributed by atoms with Gasteiger partial charge in [-0.25, -0.2) is 0 Å². The van der Waals surface area contributed by atoms with Crippen molar-refractivity contribution in [1.82, 2.24) is 0 Å². The van der Waals surface area contributed by atoms with E-state index in [4.69, 9.17) is 6.92 Å². The summed E-state index contributed by atoms with van der Waals surface area (Å²) in [5.41, 5.74) is 0.382. The van der Waals surface area contributed by atoms with Crippen molar-refractivity contribution in [3.63, 3.8) is 0 Å². The van der Waals surface area contributed by atoms with Crippen LogP contribution in [0.3, 0.4) is 0 Å². The maximum absolute atomic E-state index is 4.84. The highest BCUT2D eigenvalue weighted by molar-refractivity contribution is 4.82. The minimum absolute atomic E-state index is 0.382. The molecule has 0 amide bonds. The van der Waals surface area contributed by atoms with E-state index in [2.05, 4.69) is 20.8 Å². The predicted molar refractivity (Wildman–Crippen MR) is 149 cm³/mol. The smallest absolute Gasteiger partial charge is 0.0297 e. The summed E-state index contributed by atoms with van der Waals surface area (Å²) in [7, 11) is 0.